The Morgan fingerprint density at radius 3 is 2.32 bits per heavy atom. The molecule has 7 heteroatoms. The van der Waals surface area contributed by atoms with Crippen molar-refractivity contribution in [1.82, 2.24) is 10.2 Å². The largest absolute Gasteiger partial charge is 0.425 e. The SMILES string of the molecule is CC(C)c1nnc(Cc2ccc(F)c(F)c2)o1.FF. The maximum atomic E-state index is 13.0. The fraction of sp³-hybridized carbons (Fsp3) is 0.333. The highest BCUT2D eigenvalue weighted by Gasteiger charge is 2.11. The van der Waals surface area contributed by atoms with Gasteiger partial charge in [0.15, 0.2) is 11.6 Å². The molecule has 0 unspecified atom stereocenters. The van der Waals surface area contributed by atoms with Gasteiger partial charge in [-0.15, -0.1) is 10.2 Å². The molecule has 2 rings (SSSR count). The third-order valence-corrected chi connectivity index (χ3v) is 2.32. The maximum absolute atomic E-state index is 13.0. The topological polar surface area (TPSA) is 38.9 Å². The van der Waals surface area contributed by atoms with Crippen molar-refractivity contribution in [2.24, 2.45) is 0 Å². The van der Waals surface area contributed by atoms with Crippen LogP contribution in [0.25, 0.3) is 0 Å². The van der Waals surface area contributed by atoms with Gasteiger partial charge in [0, 0.05) is 15.1 Å². The molecule has 3 nitrogen and oxygen atoms in total. The van der Waals surface area contributed by atoms with Gasteiger partial charge in [0.2, 0.25) is 11.8 Å². The lowest BCUT2D eigenvalue weighted by molar-refractivity contribution is 0.108. The molecule has 2 aromatic rings. The van der Waals surface area contributed by atoms with Crippen LogP contribution in [0.5, 0.6) is 0 Å². The lowest BCUT2D eigenvalue weighted by Gasteiger charge is -1.98. The first-order chi connectivity index (χ1) is 9.06. The van der Waals surface area contributed by atoms with E-state index in [2.05, 4.69) is 10.2 Å². The number of hydrogen-bond donors (Lipinski definition) is 0. The van der Waals surface area contributed by atoms with Crippen LogP contribution < -0.4 is 0 Å². The van der Waals surface area contributed by atoms with Gasteiger partial charge in [0.1, 0.15) is 0 Å². The van der Waals surface area contributed by atoms with E-state index in [9.17, 15) is 8.78 Å². The maximum Gasteiger partial charge on any atom is 0.220 e. The van der Waals surface area contributed by atoms with E-state index in [1.54, 1.807) is 0 Å². The van der Waals surface area contributed by atoms with E-state index in [1.165, 1.54) is 6.07 Å². The minimum atomic E-state index is -0.869. The summed E-state index contributed by atoms with van der Waals surface area (Å²) in [7, 11) is 0. The second-order valence-corrected chi connectivity index (χ2v) is 4.11. The summed E-state index contributed by atoms with van der Waals surface area (Å²) in [6.07, 6.45) is 0.302. The van der Waals surface area contributed by atoms with Crippen molar-refractivity contribution in [2.45, 2.75) is 26.2 Å². The highest BCUT2D eigenvalue weighted by Crippen LogP contribution is 2.16. The molecule has 0 atom stereocenters. The molecule has 0 aliphatic rings. The summed E-state index contributed by atoms with van der Waals surface area (Å²) in [5.41, 5.74) is 0.600. The van der Waals surface area contributed by atoms with Crippen LogP contribution >= 0.6 is 0 Å². The minimum absolute atomic E-state index is 0.154. The molecule has 0 fully saturated rings. The Morgan fingerprint density at radius 2 is 1.79 bits per heavy atom. The van der Waals surface area contributed by atoms with Crippen LogP contribution in [0.2, 0.25) is 0 Å². The molecule has 0 saturated heterocycles. The normalized spacial score (nSPS) is 10.3. The molecule has 1 aromatic carbocycles. The molecule has 0 aliphatic carbocycles. The Bertz CT molecular complexity index is 528. The van der Waals surface area contributed by atoms with Crippen LogP contribution in [0.4, 0.5) is 17.9 Å². The highest BCUT2D eigenvalue weighted by molar-refractivity contribution is 5.20. The third kappa shape index (κ3) is 4.04. The third-order valence-electron chi connectivity index (χ3n) is 2.32. The van der Waals surface area contributed by atoms with Crippen molar-refractivity contribution in [3.63, 3.8) is 0 Å². The Kier molecular flexibility index (Phi) is 5.47. The van der Waals surface area contributed by atoms with Crippen molar-refractivity contribution in [3.8, 4) is 0 Å². The molecular formula is C12H12F4N2O. The summed E-state index contributed by atoms with van der Waals surface area (Å²) >= 11 is 0. The molecule has 104 valence electrons. The van der Waals surface area contributed by atoms with E-state index in [-0.39, 0.29) is 5.92 Å². The van der Waals surface area contributed by atoms with Gasteiger partial charge < -0.3 is 4.42 Å². The van der Waals surface area contributed by atoms with Crippen molar-refractivity contribution in [2.75, 3.05) is 0 Å². The van der Waals surface area contributed by atoms with Gasteiger partial charge in [-0.2, -0.15) is 0 Å². The number of rotatable bonds is 3. The standard InChI is InChI=1S/C12H12F2N2O.F2/c1-7(2)12-16-15-11(17-12)6-8-3-4-9(13)10(14)5-8;1-2/h3-5,7H,6H2,1-2H3;. The van der Waals surface area contributed by atoms with Gasteiger partial charge >= 0.3 is 0 Å². The quantitative estimate of drug-likeness (QED) is 0.798. The Balaban J connectivity index is 0.000000861. The monoisotopic (exact) mass is 276 g/mol. The molecule has 0 spiro atoms. The fourth-order valence-electron chi connectivity index (χ4n) is 1.40. The van der Waals surface area contributed by atoms with Gasteiger partial charge in [-0.25, -0.2) is 8.78 Å². The molecule has 0 saturated carbocycles. The van der Waals surface area contributed by atoms with Crippen molar-refractivity contribution < 1.29 is 22.3 Å². The van der Waals surface area contributed by atoms with Crippen LogP contribution in [0.3, 0.4) is 0 Å². The lowest BCUT2D eigenvalue weighted by atomic mass is 10.1. The number of benzene rings is 1. The molecule has 0 aliphatic heterocycles. The molecule has 1 aromatic heterocycles. The predicted octanol–water partition coefficient (Wildman–Crippen LogP) is 3.90. The van der Waals surface area contributed by atoms with Crippen molar-refractivity contribution >= 4 is 0 Å². The van der Waals surface area contributed by atoms with E-state index in [0.717, 1.165) is 12.1 Å². The zero-order valence-electron chi connectivity index (χ0n) is 10.3. The highest BCUT2D eigenvalue weighted by atomic mass is 20.0. The van der Waals surface area contributed by atoms with Gasteiger partial charge in [0.25, 0.3) is 0 Å². The van der Waals surface area contributed by atoms with Gasteiger partial charge in [-0.1, -0.05) is 19.9 Å². The van der Waals surface area contributed by atoms with Crippen LogP contribution in [0, 0.1) is 11.6 Å². The minimum Gasteiger partial charge on any atom is -0.425 e. The van der Waals surface area contributed by atoms with Crippen molar-refractivity contribution in [1.29, 1.82) is 0 Å². The van der Waals surface area contributed by atoms with Gasteiger partial charge in [0.05, 0.1) is 6.42 Å². The van der Waals surface area contributed by atoms with Crippen LogP contribution in [0.15, 0.2) is 22.6 Å². The van der Waals surface area contributed by atoms with Gasteiger partial charge in [-0.3, -0.25) is 0 Å². The Hall–Kier alpha value is -1.92. The van der Waals surface area contributed by atoms with E-state index in [4.69, 9.17) is 13.6 Å². The second-order valence-electron chi connectivity index (χ2n) is 4.11. The predicted molar refractivity (Wildman–Crippen MR) is 59.8 cm³/mol. The zero-order valence-corrected chi connectivity index (χ0v) is 10.3. The lowest BCUT2D eigenvalue weighted by Crippen LogP contribution is -1.91. The summed E-state index contributed by atoms with van der Waals surface area (Å²) in [6, 6.07) is 3.72. The van der Waals surface area contributed by atoms with Crippen LogP contribution in [-0.4, -0.2) is 10.2 Å². The first-order valence-electron chi connectivity index (χ1n) is 5.46. The molecular weight excluding hydrogens is 264 g/mol. The number of aromatic nitrogens is 2. The summed E-state index contributed by atoms with van der Waals surface area (Å²) in [6.45, 7) is 3.88. The molecule has 19 heavy (non-hydrogen) atoms. The summed E-state index contributed by atoms with van der Waals surface area (Å²) in [5.74, 6) is -0.628. The summed E-state index contributed by atoms with van der Waals surface area (Å²) < 4.78 is 47.1. The number of hydrogen-bond acceptors (Lipinski definition) is 3. The van der Waals surface area contributed by atoms with Crippen LogP contribution in [0.1, 0.15) is 37.1 Å². The summed E-state index contributed by atoms with van der Waals surface area (Å²) in [4.78, 5) is 0. The fourth-order valence-corrected chi connectivity index (χ4v) is 1.40. The molecule has 0 bridgehead atoms. The van der Waals surface area contributed by atoms with E-state index < -0.39 is 11.6 Å². The van der Waals surface area contributed by atoms with E-state index >= 15 is 0 Å². The Morgan fingerprint density at radius 1 is 1.11 bits per heavy atom. The summed E-state index contributed by atoms with van der Waals surface area (Å²) in [5, 5.41) is 7.72. The number of nitrogens with zero attached hydrogens (tertiary/aromatic N) is 2. The second kappa shape index (κ2) is 6.86. The first kappa shape index (κ1) is 15.1. The molecule has 0 N–H and O–H groups in total. The smallest absolute Gasteiger partial charge is 0.220 e. The Labute approximate surface area is 107 Å². The number of halogens is 4. The average Bonchev–Trinajstić information content (AvgIpc) is 2.85. The molecule has 0 amide bonds. The van der Waals surface area contributed by atoms with Crippen LogP contribution in [-0.2, 0) is 6.42 Å². The first-order valence-corrected chi connectivity index (χ1v) is 5.46. The molecule has 1 heterocycles. The van der Waals surface area contributed by atoms with Crippen molar-refractivity contribution in [3.05, 3.63) is 47.2 Å². The average molecular weight is 276 g/mol. The zero-order chi connectivity index (χ0) is 14.4. The van der Waals surface area contributed by atoms with E-state index in [0.29, 0.717) is 23.8 Å². The van der Waals surface area contributed by atoms with E-state index in [1.807, 2.05) is 13.8 Å². The molecule has 0 radical (unpaired) electrons. The van der Waals surface area contributed by atoms with Gasteiger partial charge in [-0.05, 0) is 17.7 Å².